The molecule has 0 aliphatic carbocycles. The number of aliphatic imine (C=N–C) groups is 1. The van der Waals surface area contributed by atoms with Gasteiger partial charge in [-0.05, 0) is 57.5 Å². The molecule has 0 radical (unpaired) electrons. The average Bonchev–Trinajstić information content (AvgIpc) is 2.59. The van der Waals surface area contributed by atoms with Gasteiger partial charge in [-0.2, -0.15) is 0 Å². The molecule has 0 saturated carbocycles. The summed E-state index contributed by atoms with van der Waals surface area (Å²) in [5, 5.41) is 7.20. The van der Waals surface area contributed by atoms with Crippen LogP contribution in [0.4, 0.5) is 0 Å². The van der Waals surface area contributed by atoms with Crippen LogP contribution in [-0.4, -0.2) is 55.1 Å². The lowest BCUT2D eigenvalue weighted by atomic mass is 10.2. The van der Waals surface area contributed by atoms with Gasteiger partial charge in [-0.25, -0.2) is 4.98 Å². The van der Waals surface area contributed by atoms with Crippen molar-refractivity contribution in [3.8, 4) is 0 Å². The lowest BCUT2D eigenvalue weighted by Gasteiger charge is -2.17. The highest BCUT2D eigenvalue weighted by atomic mass is 127. The maximum absolute atomic E-state index is 5.80. The van der Waals surface area contributed by atoms with Crippen molar-refractivity contribution in [2.75, 3.05) is 39.3 Å². The third-order valence-electron chi connectivity index (χ3n) is 3.89. The third-order valence-corrected chi connectivity index (χ3v) is 4.11. The zero-order chi connectivity index (χ0) is 17.6. The molecule has 25 heavy (non-hydrogen) atoms. The molecule has 2 N–H and O–H groups in total. The molecule has 1 aromatic heterocycles. The van der Waals surface area contributed by atoms with E-state index in [2.05, 4.69) is 46.3 Å². The summed E-state index contributed by atoms with van der Waals surface area (Å²) in [5.74, 6) is 0.891. The van der Waals surface area contributed by atoms with Crippen LogP contribution in [-0.2, 0) is 6.42 Å². The Labute approximate surface area is 175 Å². The second-order valence-corrected chi connectivity index (χ2v) is 6.05. The molecule has 1 aromatic rings. The van der Waals surface area contributed by atoms with Gasteiger partial charge in [0.25, 0.3) is 0 Å². The zero-order valence-corrected chi connectivity index (χ0v) is 18.8. The highest BCUT2D eigenvalue weighted by molar-refractivity contribution is 14.0. The van der Waals surface area contributed by atoms with E-state index in [0.717, 1.165) is 58.1 Å². The third kappa shape index (κ3) is 11.6. The summed E-state index contributed by atoms with van der Waals surface area (Å²) in [5.41, 5.74) is 1.17. The predicted molar refractivity (Wildman–Crippen MR) is 119 cm³/mol. The van der Waals surface area contributed by atoms with Crippen molar-refractivity contribution in [1.82, 2.24) is 20.5 Å². The van der Waals surface area contributed by atoms with Crippen molar-refractivity contribution in [2.24, 2.45) is 4.99 Å². The van der Waals surface area contributed by atoms with Gasteiger partial charge in [-0.1, -0.05) is 31.5 Å². The van der Waals surface area contributed by atoms with Gasteiger partial charge in [0, 0.05) is 25.8 Å². The maximum atomic E-state index is 5.80. The van der Waals surface area contributed by atoms with E-state index in [4.69, 9.17) is 11.6 Å². The number of rotatable bonds is 11. The second kappa shape index (κ2) is 15.6. The summed E-state index contributed by atoms with van der Waals surface area (Å²) in [6.07, 6.45) is 5.03. The van der Waals surface area contributed by atoms with Crippen LogP contribution in [0.2, 0.25) is 5.15 Å². The quantitative estimate of drug-likeness (QED) is 0.167. The number of hydrogen-bond donors (Lipinski definition) is 2. The number of pyridine rings is 1. The van der Waals surface area contributed by atoms with Gasteiger partial charge in [0.05, 0.1) is 0 Å². The van der Waals surface area contributed by atoms with Gasteiger partial charge in [-0.15, -0.1) is 24.0 Å². The predicted octanol–water partition coefficient (Wildman–Crippen LogP) is 3.57. The monoisotopic (exact) mass is 481 g/mol. The zero-order valence-electron chi connectivity index (χ0n) is 15.7. The van der Waals surface area contributed by atoms with E-state index in [1.165, 1.54) is 12.0 Å². The minimum absolute atomic E-state index is 0. The number of nitrogens with one attached hydrogen (secondary N) is 2. The largest absolute Gasteiger partial charge is 0.357 e. The fraction of sp³-hybridized carbons (Fsp3) is 0.667. The van der Waals surface area contributed by atoms with Crippen molar-refractivity contribution in [3.63, 3.8) is 0 Å². The lowest BCUT2D eigenvalue weighted by molar-refractivity contribution is 0.297. The molecule has 144 valence electrons. The fourth-order valence-corrected chi connectivity index (χ4v) is 2.51. The summed E-state index contributed by atoms with van der Waals surface area (Å²) in [4.78, 5) is 11.2. The Morgan fingerprint density at radius 2 is 1.92 bits per heavy atom. The van der Waals surface area contributed by atoms with E-state index < -0.39 is 0 Å². The SMILES string of the molecule is CCNC(=NCCCCN(CC)CC)NCCc1ccc(Cl)nc1.I. The van der Waals surface area contributed by atoms with Gasteiger partial charge in [0.15, 0.2) is 5.96 Å². The molecule has 1 rings (SSSR count). The standard InChI is InChI=1S/C18H32ClN5.HI/c1-4-20-18(21-12-7-8-14-24(5-2)6-3)22-13-11-16-9-10-17(19)23-15-16;/h9-10,15H,4-8,11-14H2,1-3H3,(H2,20,21,22);1H. The van der Waals surface area contributed by atoms with Crippen molar-refractivity contribution < 1.29 is 0 Å². The molecule has 0 aliphatic rings. The molecule has 0 saturated heterocycles. The van der Waals surface area contributed by atoms with Gasteiger partial charge in [-0.3, -0.25) is 4.99 Å². The first-order valence-electron chi connectivity index (χ1n) is 9.04. The number of hydrogen-bond acceptors (Lipinski definition) is 3. The number of aromatic nitrogens is 1. The van der Waals surface area contributed by atoms with Crippen LogP contribution < -0.4 is 10.6 Å². The molecule has 0 spiro atoms. The fourth-order valence-electron chi connectivity index (χ4n) is 2.40. The minimum atomic E-state index is 0. The van der Waals surface area contributed by atoms with Crippen LogP contribution in [0.1, 0.15) is 39.2 Å². The average molecular weight is 482 g/mol. The van der Waals surface area contributed by atoms with Crippen LogP contribution in [0.15, 0.2) is 23.3 Å². The maximum Gasteiger partial charge on any atom is 0.191 e. The van der Waals surface area contributed by atoms with Gasteiger partial charge >= 0.3 is 0 Å². The van der Waals surface area contributed by atoms with Crippen molar-refractivity contribution in [3.05, 3.63) is 29.0 Å². The number of halogens is 2. The number of unbranched alkanes of at least 4 members (excludes halogenated alkanes) is 1. The molecule has 5 nitrogen and oxygen atoms in total. The molecule has 0 fully saturated rings. The second-order valence-electron chi connectivity index (χ2n) is 5.66. The Morgan fingerprint density at radius 3 is 2.52 bits per heavy atom. The summed E-state index contributed by atoms with van der Waals surface area (Å²) in [6, 6.07) is 3.83. The van der Waals surface area contributed by atoms with Crippen molar-refractivity contribution in [1.29, 1.82) is 0 Å². The van der Waals surface area contributed by atoms with E-state index in [1.807, 2.05) is 18.3 Å². The number of guanidine groups is 1. The first kappa shape index (κ1) is 24.4. The highest BCUT2D eigenvalue weighted by Crippen LogP contribution is 2.05. The van der Waals surface area contributed by atoms with Crippen LogP contribution in [0.5, 0.6) is 0 Å². The minimum Gasteiger partial charge on any atom is -0.357 e. The van der Waals surface area contributed by atoms with E-state index in [-0.39, 0.29) is 24.0 Å². The van der Waals surface area contributed by atoms with Crippen LogP contribution >= 0.6 is 35.6 Å². The molecular formula is C18H33ClIN5. The van der Waals surface area contributed by atoms with Crippen molar-refractivity contribution in [2.45, 2.75) is 40.0 Å². The smallest absolute Gasteiger partial charge is 0.191 e. The summed E-state index contributed by atoms with van der Waals surface area (Å²) in [6.45, 7) is 12.5. The summed E-state index contributed by atoms with van der Waals surface area (Å²) < 4.78 is 0. The topological polar surface area (TPSA) is 52.6 Å². The first-order chi connectivity index (χ1) is 11.7. The van der Waals surface area contributed by atoms with Crippen molar-refractivity contribution >= 4 is 41.5 Å². The Balaban J connectivity index is 0.00000576. The molecular weight excluding hydrogens is 449 g/mol. The summed E-state index contributed by atoms with van der Waals surface area (Å²) >= 11 is 5.80. The molecule has 0 aromatic carbocycles. The number of nitrogens with zero attached hydrogens (tertiary/aromatic N) is 3. The molecule has 0 unspecified atom stereocenters. The summed E-state index contributed by atoms with van der Waals surface area (Å²) in [7, 11) is 0. The normalized spacial score (nSPS) is 11.3. The highest BCUT2D eigenvalue weighted by Gasteiger charge is 2.00. The Hall–Kier alpha value is -0.600. The van der Waals surface area contributed by atoms with E-state index >= 15 is 0 Å². The van der Waals surface area contributed by atoms with Crippen LogP contribution in [0.3, 0.4) is 0 Å². The molecule has 7 heteroatoms. The van der Waals surface area contributed by atoms with E-state index in [9.17, 15) is 0 Å². The molecule has 1 heterocycles. The van der Waals surface area contributed by atoms with Gasteiger partial charge in [0.1, 0.15) is 5.15 Å². The lowest BCUT2D eigenvalue weighted by Crippen LogP contribution is -2.38. The first-order valence-corrected chi connectivity index (χ1v) is 9.42. The Kier molecular flexibility index (Phi) is 15.3. The Bertz CT molecular complexity index is 463. The van der Waals surface area contributed by atoms with Crippen LogP contribution in [0.25, 0.3) is 0 Å². The van der Waals surface area contributed by atoms with E-state index in [1.54, 1.807) is 0 Å². The van der Waals surface area contributed by atoms with E-state index in [0.29, 0.717) is 5.15 Å². The molecule has 0 atom stereocenters. The van der Waals surface area contributed by atoms with Crippen LogP contribution in [0, 0.1) is 0 Å². The van der Waals surface area contributed by atoms with Gasteiger partial charge in [0.2, 0.25) is 0 Å². The molecule has 0 aliphatic heterocycles. The Morgan fingerprint density at radius 1 is 1.16 bits per heavy atom. The molecule has 0 bridgehead atoms. The van der Waals surface area contributed by atoms with Gasteiger partial charge < -0.3 is 15.5 Å². The molecule has 0 amide bonds.